The fourth-order valence-corrected chi connectivity index (χ4v) is 3.25. The minimum atomic E-state index is -2.67. The number of carbonyl (C=O) groups excluding carboxylic acids is 1. The molecule has 0 aliphatic carbocycles. The van der Waals surface area contributed by atoms with Crippen LogP contribution >= 0.6 is 0 Å². The second-order valence-electron chi connectivity index (χ2n) is 7.01. The van der Waals surface area contributed by atoms with Gasteiger partial charge in [0.1, 0.15) is 11.7 Å². The Labute approximate surface area is 145 Å². The van der Waals surface area contributed by atoms with Crippen LogP contribution in [0.25, 0.3) is 0 Å². The third-order valence-corrected chi connectivity index (χ3v) is 4.23. The molecular weight excluding hydrogens is 330 g/mol. The molecule has 0 aromatic heterocycles. The predicted molar refractivity (Wildman–Crippen MR) is 89.9 cm³/mol. The molecule has 1 amide bonds. The van der Waals surface area contributed by atoms with Gasteiger partial charge in [0.05, 0.1) is 17.4 Å². The Bertz CT molecular complexity index is 596. The number of benzene rings is 1. The molecule has 134 valence electrons. The van der Waals surface area contributed by atoms with Crippen LogP contribution in [0.2, 0.25) is 0 Å². The maximum absolute atomic E-state index is 12.4. The van der Waals surface area contributed by atoms with Crippen LogP contribution in [0.4, 0.5) is 4.79 Å². The van der Waals surface area contributed by atoms with Crippen LogP contribution in [0.3, 0.4) is 0 Å². The molecule has 1 aliphatic rings. The normalized spacial score (nSPS) is 20.7. The van der Waals surface area contributed by atoms with Gasteiger partial charge in [-0.3, -0.25) is 4.18 Å². The second-order valence-corrected chi connectivity index (χ2v) is 7.62. The van der Waals surface area contributed by atoms with Gasteiger partial charge in [-0.1, -0.05) is 29.8 Å². The number of nitrogens with zero attached hydrogens (tertiary/aromatic N) is 1. The van der Waals surface area contributed by atoms with Gasteiger partial charge in [-0.2, -0.15) is 0 Å². The van der Waals surface area contributed by atoms with E-state index in [1.165, 1.54) is 0 Å². The highest BCUT2D eigenvalue weighted by Crippen LogP contribution is 2.34. The number of ether oxygens (including phenoxy) is 1. The zero-order valence-corrected chi connectivity index (χ0v) is 15.3. The molecule has 1 heterocycles. The molecule has 0 saturated carbocycles. The van der Waals surface area contributed by atoms with Gasteiger partial charge in [-0.15, -0.1) is 0 Å². The Morgan fingerprint density at radius 3 is 2.50 bits per heavy atom. The zero-order valence-electron chi connectivity index (χ0n) is 14.5. The van der Waals surface area contributed by atoms with Crippen molar-refractivity contribution in [3.05, 3.63) is 35.4 Å². The summed E-state index contributed by atoms with van der Waals surface area (Å²) < 4.78 is 32.9. The minimum absolute atomic E-state index is 0.375. The highest BCUT2D eigenvalue weighted by Gasteiger charge is 2.38. The van der Waals surface area contributed by atoms with E-state index in [0.29, 0.717) is 13.0 Å². The summed E-state index contributed by atoms with van der Waals surface area (Å²) in [6.45, 7) is 7.88. The molecule has 0 spiro atoms. The quantitative estimate of drug-likeness (QED) is 0.776. The van der Waals surface area contributed by atoms with Crippen LogP contribution < -0.4 is 0 Å². The molecule has 3 atom stereocenters. The average molecular weight is 354 g/mol. The number of amides is 1. The van der Waals surface area contributed by atoms with Gasteiger partial charge in [0, 0.05) is 6.54 Å². The van der Waals surface area contributed by atoms with E-state index < -0.39 is 29.2 Å². The Morgan fingerprint density at radius 2 is 1.96 bits per heavy atom. The zero-order chi connectivity index (χ0) is 17.9. The van der Waals surface area contributed by atoms with Crippen molar-refractivity contribution in [3.63, 3.8) is 0 Å². The second kappa shape index (κ2) is 7.63. The van der Waals surface area contributed by atoms with Crippen LogP contribution in [0.1, 0.15) is 50.8 Å². The van der Waals surface area contributed by atoms with Gasteiger partial charge in [-0.25, -0.2) is 9.00 Å². The summed E-state index contributed by atoms with van der Waals surface area (Å²) >= 11 is -2.67. The van der Waals surface area contributed by atoms with Crippen molar-refractivity contribution >= 4 is 17.5 Å². The third-order valence-electron chi connectivity index (χ3n) is 3.86. The molecule has 1 aromatic rings. The van der Waals surface area contributed by atoms with E-state index in [2.05, 4.69) is 0 Å². The van der Waals surface area contributed by atoms with Crippen LogP contribution in [0, 0.1) is 6.92 Å². The lowest BCUT2D eigenvalue weighted by Gasteiger charge is -2.33. The van der Waals surface area contributed by atoms with Gasteiger partial charge in [0.2, 0.25) is 0 Å². The summed E-state index contributed by atoms with van der Waals surface area (Å²) in [6, 6.07) is 7.08. The molecule has 0 bridgehead atoms. The molecule has 2 unspecified atom stereocenters. The minimum Gasteiger partial charge on any atom is -0.750 e. The van der Waals surface area contributed by atoms with Gasteiger partial charge < -0.3 is 14.2 Å². The molecule has 0 N–H and O–H groups in total. The number of likely N-dealkylation sites (tertiary alicyclic amines) is 1. The van der Waals surface area contributed by atoms with Gasteiger partial charge >= 0.3 is 6.09 Å². The smallest absolute Gasteiger partial charge is 0.410 e. The number of aryl methyl sites for hydroxylation is 1. The Balaban J connectivity index is 2.25. The first-order valence-electron chi connectivity index (χ1n) is 8.00. The highest BCUT2D eigenvalue weighted by atomic mass is 32.2. The summed E-state index contributed by atoms with van der Waals surface area (Å²) in [4.78, 5) is 14.0. The van der Waals surface area contributed by atoms with E-state index in [1.54, 1.807) is 25.7 Å². The third kappa shape index (κ3) is 5.03. The van der Waals surface area contributed by atoms with Crippen LogP contribution in [0.15, 0.2) is 24.3 Å². The first-order chi connectivity index (χ1) is 11.2. The van der Waals surface area contributed by atoms with Crippen molar-refractivity contribution in [3.8, 4) is 0 Å². The largest absolute Gasteiger partial charge is 0.750 e. The Morgan fingerprint density at radius 1 is 1.33 bits per heavy atom. The average Bonchev–Trinajstić information content (AvgIpc) is 2.93. The number of carbonyl (C=O) groups is 1. The SMILES string of the molecule is Cc1ccc(C(OS(=O)[O-])[C@@H]2CCCN2C(=O)OC(C)(C)C)cc1. The van der Waals surface area contributed by atoms with E-state index >= 15 is 0 Å². The van der Waals surface area contributed by atoms with Gasteiger partial charge in [0.15, 0.2) is 0 Å². The van der Waals surface area contributed by atoms with Gasteiger partial charge in [-0.05, 0) is 46.1 Å². The van der Waals surface area contributed by atoms with Crippen molar-refractivity contribution in [1.29, 1.82) is 0 Å². The van der Waals surface area contributed by atoms with Crippen molar-refractivity contribution in [2.24, 2.45) is 0 Å². The summed E-state index contributed by atoms with van der Waals surface area (Å²) in [5.74, 6) is 0. The van der Waals surface area contributed by atoms with E-state index in [-0.39, 0.29) is 6.04 Å². The maximum atomic E-state index is 12.4. The topological polar surface area (TPSA) is 78.9 Å². The lowest BCUT2D eigenvalue weighted by atomic mass is 9.99. The Kier molecular flexibility index (Phi) is 6.01. The maximum Gasteiger partial charge on any atom is 0.410 e. The molecule has 7 heteroatoms. The molecule has 1 fully saturated rings. The molecule has 0 radical (unpaired) electrons. The lowest BCUT2D eigenvalue weighted by Crippen LogP contribution is -2.43. The number of hydrogen-bond donors (Lipinski definition) is 0. The van der Waals surface area contributed by atoms with Gasteiger partial charge in [0.25, 0.3) is 0 Å². The standard InChI is InChI=1S/C17H25NO5S/c1-12-7-9-13(10-8-12)15(23-24(20)21)14-6-5-11-18(14)16(19)22-17(2,3)4/h7-10,14-15H,5-6,11H2,1-4H3,(H,20,21)/p-1/t14-,15?/m0/s1. The molecule has 1 aliphatic heterocycles. The summed E-state index contributed by atoms with van der Waals surface area (Å²) in [5.41, 5.74) is 1.19. The van der Waals surface area contributed by atoms with Crippen molar-refractivity contribution in [1.82, 2.24) is 4.90 Å². The van der Waals surface area contributed by atoms with Crippen LogP contribution in [-0.4, -0.2) is 37.9 Å². The Hall–Kier alpha value is -1.44. The fraction of sp³-hybridized carbons (Fsp3) is 0.588. The monoisotopic (exact) mass is 354 g/mol. The molecule has 1 aromatic carbocycles. The molecule has 6 nitrogen and oxygen atoms in total. The lowest BCUT2D eigenvalue weighted by molar-refractivity contribution is 0.00918. The highest BCUT2D eigenvalue weighted by molar-refractivity contribution is 7.74. The van der Waals surface area contributed by atoms with E-state index in [9.17, 15) is 13.6 Å². The summed E-state index contributed by atoms with van der Waals surface area (Å²) in [5, 5.41) is 0. The van der Waals surface area contributed by atoms with Crippen molar-refractivity contribution in [2.75, 3.05) is 6.54 Å². The first-order valence-corrected chi connectivity index (χ1v) is 9.00. The molecule has 2 rings (SSSR count). The number of rotatable bonds is 4. The molecule has 24 heavy (non-hydrogen) atoms. The summed E-state index contributed by atoms with van der Waals surface area (Å²) in [6.07, 6.45) is 0.261. The predicted octanol–water partition coefficient (Wildman–Crippen LogP) is 3.25. The first kappa shape index (κ1) is 18.9. The molecular formula is C17H24NO5S-. The number of hydrogen-bond acceptors (Lipinski definition) is 5. The van der Waals surface area contributed by atoms with Crippen LogP contribution in [0.5, 0.6) is 0 Å². The van der Waals surface area contributed by atoms with E-state index in [4.69, 9.17) is 8.92 Å². The fourth-order valence-electron chi connectivity index (χ4n) is 2.84. The van der Waals surface area contributed by atoms with Crippen LogP contribution in [-0.2, 0) is 20.3 Å². The molecule has 1 saturated heterocycles. The summed E-state index contributed by atoms with van der Waals surface area (Å²) in [7, 11) is 0. The van der Waals surface area contributed by atoms with E-state index in [1.807, 2.05) is 31.2 Å². The van der Waals surface area contributed by atoms with E-state index in [0.717, 1.165) is 17.5 Å². The van der Waals surface area contributed by atoms with Crippen molar-refractivity contribution < 1.29 is 22.5 Å². The van der Waals surface area contributed by atoms with Crippen molar-refractivity contribution in [2.45, 2.75) is 58.3 Å².